The highest BCUT2D eigenvalue weighted by molar-refractivity contribution is 5.86. The van der Waals surface area contributed by atoms with Crippen molar-refractivity contribution in [3.05, 3.63) is 41.6 Å². The maximum atomic E-state index is 11.2. The third-order valence-electron chi connectivity index (χ3n) is 2.57. The third-order valence-corrected chi connectivity index (χ3v) is 2.57. The van der Waals surface area contributed by atoms with E-state index in [1.807, 2.05) is 0 Å². The Balaban J connectivity index is 2.21. The van der Waals surface area contributed by atoms with Gasteiger partial charge in [-0.05, 0) is 24.3 Å². The van der Waals surface area contributed by atoms with Gasteiger partial charge in [-0.3, -0.25) is 4.79 Å². The Labute approximate surface area is 120 Å². The minimum atomic E-state index is -0.582. The third kappa shape index (κ3) is 3.33. The number of hydrogen-bond donors (Lipinski definition) is 0. The number of carbonyl (C=O) groups is 2. The smallest absolute Gasteiger partial charge is 0.358 e. The van der Waals surface area contributed by atoms with Crippen LogP contribution in [0.5, 0.6) is 17.4 Å². The predicted molar refractivity (Wildman–Crippen MR) is 71.8 cm³/mol. The maximum absolute atomic E-state index is 11.2. The van der Waals surface area contributed by atoms with Crippen molar-refractivity contribution in [3.8, 4) is 17.4 Å². The van der Waals surface area contributed by atoms with Crippen molar-refractivity contribution >= 4 is 12.3 Å². The van der Waals surface area contributed by atoms with Crippen LogP contribution in [0.3, 0.4) is 0 Å². The van der Waals surface area contributed by atoms with Crippen molar-refractivity contribution in [2.75, 3.05) is 14.2 Å². The molecular weight excluding hydrogens is 276 g/mol. The molecule has 0 amide bonds. The fraction of sp³-hybridized carbons (Fsp3) is 0.143. The molecule has 0 bridgehead atoms. The van der Waals surface area contributed by atoms with E-state index < -0.39 is 5.97 Å². The molecule has 0 aliphatic carbocycles. The number of ether oxygens (including phenoxy) is 3. The average molecular weight is 288 g/mol. The topological polar surface area (TPSA) is 87.6 Å². The number of carbonyl (C=O) groups excluding carboxylic acids is 2. The van der Waals surface area contributed by atoms with Gasteiger partial charge in [0.05, 0.1) is 14.2 Å². The predicted octanol–water partition coefficient (Wildman–Crippen LogP) is 1.88. The Hall–Kier alpha value is -2.96. The molecule has 7 heteroatoms. The summed E-state index contributed by atoms with van der Waals surface area (Å²) in [6, 6.07) is 7.62. The summed E-state index contributed by atoms with van der Waals surface area (Å²) in [5.41, 5.74) is 0.541. The molecule has 0 radical (unpaired) electrons. The molecule has 1 aromatic heterocycles. The minimum Gasteiger partial charge on any atom is -0.493 e. The lowest BCUT2D eigenvalue weighted by molar-refractivity contribution is 0.0592. The van der Waals surface area contributed by atoms with E-state index in [-0.39, 0.29) is 11.6 Å². The normalized spacial score (nSPS) is 9.81. The van der Waals surface area contributed by atoms with Gasteiger partial charge in [-0.1, -0.05) is 0 Å². The molecule has 0 saturated heterocycles. The van der Waals surface area contributed by atoms with E-state index in [9.17, 15) is 9.59 Å². The zero-order valence-electron chi connectivity index (χ0n) is 11.4. The molecule has 1 heterocycles. The van der Waals surface area contributed by atoms with Crippen molar-refractivity contribution in [1.82, 2.24) is 10.2 Å². The lowest BCUT2D eigenvalue weighted by atomic mass is 10.2. The summed E-state index contributed by atoms with van der Waals surface area (Å²) in [5.74, 6) is 0.364. The first-order chi connectivity index (χ1) is 10.2. The molecule has 0 unspecified atom stereocenters. The zero-order chi connectivity index (χ0) is 15.2. The largest absolute Gasteiger partial charge is 0.493 e. The van der Waals surface area contributed by atoms with E-state index in [2.05, 4.69) is 14.9 Å². The van der Waals surface area contributed by atoms with Crippen LogP contribution in [-0.4, -0.2) is 36.7 Å². The van der Waals surface area contributed by atoms with Crippen LogP contribution in [-0.2, 0) is 4.74 Å². The summed E-state index contributed by atoms with van der Waals surface area (Å²) in [6.45, 7) is 0. The second kappa shape index (κ2) is 6.47. The fourth-order valence-electron chi connectivity index (χ4n) is 1.54. The molecule has 0 atom stereocenters. The van der Waals surface area contributed by atoms with Gasteiger partial charge in [-0.15, -0.1) is 10.2 Å². The first-order valence-corrected chi connectivity index (χ1v) is 5.91. The quantitative estimate of drug-likeness (QED) is 0.613. The first kappa shape index (κ1) is 14.4. The van der Waals surface area contributed by atoms with Crippen LogP contribution in [0, 0.1) is 0 Å². The number of benzene rings is 1. The lowest BCUT2D eigenvalue weighted by Crippen LogP contribution is -2.05. The highest BCUT2D eigenvalue weighted by Gasteiger charge is 2.11. The molecule has 0 N–H and O–H groups in total. The minimum absolute atomic E-state index is 0.0770. The van der Waals surface area contributed by atoms with Gasteiger partial charge < -0.3 is 14.2 Å². The number of aldehydes is 1. The fourth-order valence-corrected chi connectivity index (χ4v) is 1.54. The summed E-state index contributed by atoms with van der Waals surface area (Å²) < 4.78 is 15.2. The molecule has 2 rings (SSSR count). The van der Waals surface area contributed by atoms with Crippen molar-refractivity contribution in [1.29, 1.82) is 0 Å². The van der Waals surface area contributed by atoms with Crippen molar-refractivity contribution in [3.63, 3.8) is 0 Å². The zero-order valence-corrected chi connectivity index (χ0v) is 11.4. The van der Waals surface area contributed by atoms with Gasteiger partial charge in [0.2, 0.25) is 5.88 Å². The Bertz CT molecular complexity index is 655. The Morgan fingerprint density at radius 2 is 1.90 bits per heavy atom. The summed E-state index contributed by atoms with van der Waals surface area (Å²) in [4.78, 5) is 21.9. The average Bonchev–Trinajstić information content (AvgIpc) is 2.55. The standard InChI is InChI=1S/C14H12N2O5/c1-19-12-7-9(8-17)3-5-11(12)21-13-6-4-10(15-16-13)14(18)20-2/h3-8H,1-2H3. The van der Waals surface area contributed by atoms with E-state index in [1.165, 1.54) is 26.4 Å². The van der Waals surface area contributed by atoms with Crippen LogP contribution in [0.1, 0.15) is 20.8 Å². The maximum Gasteiger partial charge on any atom is 0.358 e. The number of methoxy groups -OCH3 is 2. The van der Waals surface area contributed by atoms with Crippen LogP contribution in [0.2, 0.25) is 0 Å². The van der Waals surface area contributed by atoms with Crippen LogP contribution >= 0.6 is 0 Å². The second-order valence-electron chi connectivity index (χ2n) is 3.88. The van der Waals surface area contributed by atoms with Gasteiger partial charge in [0.1, 0.15) is 6.29 Å². The molecule has 21 heavy (non-hydrogen) atoms. The van der Waals surface area contributed by atoms with Crippen molar-refractivity contribution < 1.29 is 23.8 Å². The molecule has 7 nitrogen and oxygen atoms in total. The summed E-state index contributed by atoms with van der Waals surface area (Å²) in [6.07, 6.45) is 0.706. The van der Waals surface area contributed by atoms with E-state index in [0.29, 0.717) is 23.3 Å². The lowest BCUT2D eigenvalue weighted by Gasteiger charge is -2.09. The molecule has 0 fully saturated rings. The number of nitrogens with zero attached hydrogens (tertiary/aromatic N) is 2. The molecule has 0 saturated carbocycles. The Morgan fingerprint density at radius 3 is 2.48 bits per heavy atom. The number of esters is 1. The van der Waals surface area contributed by atoms with Crippen LogP contribution in [0.4, 0.5) is 0 Å². The van der Waals surface area contributed by atoms with E-state index >= 15 is 0 Å². The van der Waals surface area contributed by atoms with Gasteiger partial charge in [0, 0.05) is 11.6 Å². The van der Waals surface area contributed by atoms with Crippen LogP contribution < -0.4 is 9.47 Å². The molecule has 0 aliphatic rings. The monoisotopic (exact) mass is 288 g/mol. The van der Waals surface area contributed by atoms with Crippen LogP contribution in [0.25, 0.3) is 0 Å². The van der Waals surface area contributed by atoms with E-state index in [4.69, 9.17) is 9.47 Å². The van der Waals surface area contributed by atoms with Gasteiger partial charge in [0.15, 0.2) is 17.2 Å². The first-order valence-electron chi connectivity index (χ1n) is 5.91. The molecule has 2 aromatic rings. The highest BCUT2D eigenvalue weighted by Crippen LogP contribution is 2.30. The number of hydrogen-bond acceptors (Lipinski definition) is 7. The van der Waals surface area contributed by atoms with Crippen LogP contribution in [0.15, 0.2) is 30.3 Å². The van der Waals surface area contributed by atoms with Gasteiger partial charge in [0.25, 0.3) is 0 Å². The van der Waals surface area contributed by atoms with Gasteiger partial charge in [-0.2, -0.15) is 0 Å². The van der Waals surface area contributed by atoms with Crippen molar-refractivity contribution in [2.45, 2.75) is 0 Å². The molecule has 0 spiro atoms. The highest BCUT2D eigenvalue weighted by atomic mass is 16.5. The Morgan fingerprint density at radius 1 is 1.10 bits per heavy atom. The van der Waals surface area contributed by atoms with E-state index in [0.717, 1.165) is 0 Å². The molecular formula is C14H12N2O5. The summed E-state index contributed by atoms with van der Waals surface area (Å²) in [5, 5.41) is 7.45. The summed E-state index contributed by atoms with van der Waals surface area (Å²) >= 11 is 0. The number of aromatic nitrogens is 2. The second-order valence-corrected chi connectivity index (χ2v) is 3.88. The Kier molecular flexibility index (Phi) is 4.45. The van der Waals surface area contributed by atoms with Gasteiger partial charge >= 0.3 is 5.97 Å². The number of rotatable bonds is 5. The molecule has 1 aromatic carbocycles. The molecule has 108 valence electrons. The van der Waals surface area contributed by atoms with E-state index in [1.54, 1.807) is 18.2 Å². The SMILES string of the molecule is COC(=O)c1ccc(Oc2ccc(C=O)cc2OC)nn1. The molecule has 0 aliphatic heterocycles. The van der Waals surface area contributed by atoms with Gasteiger partial charge in [-0.25, -0.2) is 4.79 Å². The summed E-state index contributed by atoms with van der Waals surface area (Å²) in [7, 11) is 2.72. The van der Waals surface area contributed by atoms with Crippen molar-refractivity contribution in [2.24, 2.45) is 0 Å².